The monoisotopic (exact) mass is 401 g/mol. The van der Waals surface area contributed by atoms with Crippen LogP contribution in [0.5, 0.6) is 10.9 Å². The molecule has 2 bridgehead atoms. The lowest BCUT2D eigenvalue weighted by molar-refractivity contribution is 0.128. The Labute approximate surface area is 165 Å². The molecule has 0 saturated carbocycles. The Morgan fingerprint density at radius 2 is 2.14 bits per heavy atom. The Kier molecular flexibility index (Phi) is 4.28. The van der Waals surface area contributed by atoms with Gasteiger partial charge in [-0.15, -0.1) is 5.10 Å². The molecule has 9 heteroatoms. The molecule has 2 aliphatic heterocycles. The van der Waals surface area contributed by atoms with Gasteiger partial charge in [0.25, 0.3) is 5.19 Å². The van der Waals surface area contributed by atoms with Gasteiger partial charge in [0.1, 0.15) is 18.0 Å². The molecule has 2 saturated heterocycles. The summed E-state index contributed by atoms with van der Waals surface area (Å²) in [5.41, 5.74) is 2.26. The van der Waals surface area contributed by atoms with Crippen LogP contribution in [0.1, 0.15) is 25.0 Å². The van der Waals surface area contributed by atoms with Gasteiger partial charge in [-0.3, -0.25) is 0 Å². The maximum Gasteiger partial charge on any atom is 0.294 e. The summed E-state index contributed by atoms with van der Waals surface area (Å²) in [5.74, 6) is 0.105. The van der Waals surface area contributed by atoms with Gasteiger partial charge in [0.15, 0.2) is 5.01 Å². The number of rotatable bonds is 4. The van der Waals surface area contributed by atoms with Crippen molar-refractivity contribution in [2.75, 3.05) is 0 Å². The van der Waals surface area contributed by atoms with E-state index in [0.717, 1.165) is 17.8 Å². The summed E-state index contributed by atoms with van der Waals surface area (Å²) in [4.78, 5) is 0. The number of fused-ring (bicyclic) bond motifs is 2. The highest BCUT2D eigenvalue weighted by Crippen LogP contribution is 2.37. The average molecular weight is 401 g/mol. The molecule has 2 aliphatic rings. The Bertz CT molecular complexity index is 1000. The molecule has 0 spiro atoms. The first-order chi connectivity index (χ1) is 13.5. The van der Waals surface area contributed by atoms with Crippen molar-refractivity contribution in [3.8, 4) is 27.2 Å². The first-order valence-electron chi connectivity index (χ1n) is 9.31. The molecule has 2 fully saturated rings. The molecule has 1 aromatic carbocycles. The summed E-state index contributed by atoms with van der Waals surface area (Å²) in [7, 11) is 0. The fourth-order valence-electron chi connectivity index (χ4n) is 4.00. The van der Waals surface area contributed by atoms with Gasteiger partial charge in [-0.1, -0.05) is 16.4 Å². The Morgan fingerprint density at radius 1 is 1.25 bits per heavy atom. The van der Waals surface area contributed by atoms with Crippen molar-refractivity contribution in [1.29, 1.82) is 0 Å². The first kappa shape index (κ1) is 17.6. The number of aryl methyl sites for hydroxylation is 1. The van der Waals surface area contributed by atoms with Crippen molar-refractivity contribution in [1.82, 2.24) is 25.3 Å². The van der Waals surface area contributed by atoms with Crippen molar-refractivity contribution in [2.24, 2.45) is 0 Å². The van der Waals surface area contributed by atoms with E-state index in [1.54, 1.807) is 16.8 Å². The molecule has 4 atom stereocenters. The van der Waals surface area contributed by atoms with Gasteiger partial charge in [0.2, 0.25) is 0 Å². The molecule has 0 radical (unpaired) electrons. The highest BCUT2D eigenvalue weighted by Gasteiger charge is 2.41. The maximum absolute atomic E-state index is 13.8. The molecule has 3 aromatic rings. The van der Waals surface area contributed by atoms with Crippen LogP contribution in [0.4, 0.5) is 4.39 Å². The number of halogens is 1. The lowest BCUT2D eigenvalue weighted by Crippen LogP contribution is -2.44. The standard InChI is InChI=1S/C19H20FN5O2S/c1-10-4-5-25(24-10)12-2-3-14(17(26)8-12)18-22-23-19(28-18)27-13-6-11-7-15(20)16(9-13)21-11/h2-5,8,11,13,15-16,21,26H,6-7,9H2,1H3. The molecular formula is C19H20FN5O2S. The molecule has 0 aliphatic carbocycles. The topological polar surface area (TPSA) is 85.1 Å². The van der Waals surface area contributed by atoms with Crippen LogP contribution < -0.4 is 10.1 Å². The van der Waals surface area contributed by atoms with Crippen LogP contribution in [0.25, 0.3) is 16.3 Å². The third kappa shape index (κ3) is 3.24. The van der Waals surface area contributed by atoms with Gasteiger partial charge in [0, 0.05) is 30.8 Å². The van der Waals surface area contributed by atoms with Gasteiger partial charge in [-0.2, -0.15) is 5.10 Å². The van der Waals surface area contributed by atoms with Crippen LogP contribution >= 0.6 is 11.3 Å². The van der Waals surface area contributed by atoms with Crippen molar-refractivity contribution in [3.05, 3.63) is 36.2 Å². The lowest BCUT2D eigenvalue weighted by Gasteiger charge is -2.28. The summed E-state index contributed by atoms with van der Waals surface area (Å²) in [6.07, 6.45) is 2.95. The van der Waals surface area contributed by atoms with E-state index in [2.05, 4.69) is 20.6 Å². The molecule has 7 nitrogen and oxygen atoms in total. The van der Waals surface area contributed by atoms with E-state index in [1.807, 2.05) is 25.3 Å². The minimum Gasteiger partial charge on any atom is -0.507 e. The van der Waals surface area contributed by atoms with Crippen LogP contribution in [0.3, 0.4) is 0 Å². The average Bonchev–Trinajstić information content (AvgIpc) is 3.36. The highest BCUT2D eigenvalue weighted by molar-refractivity contribution is 7.16. The number of aromatic nitrogens is 4. The van der Waals surface area contributed by atoms with Crippen LogP contribution in [0.15, 0.2) is 30.5 Å². The number of hydrogen-bond acceptors (Lipinski definition) is 7. The van der Waals surface area contributed by atoms with E-state index in [1.165, 1.54) is 11.3 Å². The zero-order valence-corrected chi connectivity index (χ0v) is 16.1. The number of phenols is 1. The molecule has 4 unspecified atom stereocenters. The van der Waals surface area contributed by atoms with Gasteiger partial charge in [-0.25, -0.2) is 9.07 Å². The van der Waals surface area contributed by atoms with Crippen molar-refractivity contribution in [2.45, 2.75) is 50.5 Å². The predicted octanol–water partition coefficient (Wildman–Crippen LogP) is 3.01. The van der Waals surface area contributed by atoms with Gasteiger partial charge in [-0.05, 0) is 38.0 Å². The summed E-state index contributed by atoms with van der Waals surface area (Å²) < 4.78 is 21.5. The number of piperidine rings is 1. The van der Waals surface area contributed by atoms with Crippen LogP contribution in [-0.4, -0.2) is 49.4 Å². The van der Waals surface area contributed by atoms with E-state index in [9.17, 15) is 9.50 Å². The quantitative estimate of drug-likeness (QED) is 0.699. The number of phenolic OH excluding ortho intramolecular Hbond substituents is 1. The molecule has 4 heterocycles. The minimum atomic E-state index is -0.794. The second-order valence-corrected chi connectivity index (χ2v) is 8.35. The third-order valence-electron chi connectivity index (χ3n) is 5.33. The van der Waals surface area contributed by atoms with Crippen LogP contribution in [0.2, 0.25) is 0 Å². The largest absolute Gasteiger partial charge is 0.507 e. The summed E-state index contributed by atoms with van der Waals surface area (Å²) in [6, 6.07) is 7.26. The molecule has 28 heavy (non-hydrogen) atoms. The molecule has 5 rings (SSSR count). The number of nitrogens with zero attached hydrogens (tertiary/aromatic N) is 4. The molecule has 0 amide bonds. The van der Waals surface area contributed by atoms with Crippen molar-refractivity contribution in [3.63, 3.8) is 0 Å². The number of benzene rings is 1. The number of nitrogens with one attached hydrogen (secondary N) is 1. The second kappa shape index (κ2) is 6.82. The van der Waals surface area contributed by atoms with Crippen molar-refractivity contribution < 1.29 is 14.2 Å². The number of hydrogen-bond donors (Lipinski definition) is 2. The molecular weight excluding hydrogens is 381 g/mol. The Balaban J connectivity index is 1.32. The fourth-order valence-corrected chi connectivity index (χ4v) is 4.79. The van der Waals surface area contributed by atoms with Gasteiger partial charge in [0.05, 0.1) is 16.9 Å². The fraction of sp³-hybridized carbons (Fsp3) is 0.421. The van der Waals surface area contributed by atoms with Crippen LogP contribution in [-0.2, 0) is 0 Å². The van der Waals surface area contributed by atoms with E-state index in [-0.39, 0.29) is 23.9 Å². The molecule has 2 N–H and O–H groups in total. The summed E-state index contributed by atoms with van der Waals surface area (Å²) >= 11 is 1.28. The summed E-state index contributed by atoms with van der Waals surface area (Å²) in [5, 5.41) is 27.4. The van der Waals surface area contributed by atoms with Crippen LogP contribution in [0, 0.1) is 6.92 Å². The second-order valence-electron chi connectivity index (χ2n) is 7.41. The SMILES string of the molecule is Cc1ccn(-c2ccc(-c3nnc(OC4CC5CC(F)C(C4)N5)s3)c(O)c2)n1. The molecule has 146 valence electrons. The zero-order chi connectivity index (χ0) is 19.3. The zero-order valence-electron chi connectivity index (χ0n) is 15.2. The minimum absolute atomic E-state index is 0.0585. The lowest BCUT2D eigenvalue weighted by atomic mass is 10.0. The number of ether oxygens (including phenoxy) is 1. The Hall–Kier alpha value is -2.52. The summed E-state index contributed by atoms with van der Waals surface area (Å²) in [6.45, 7) is 1.91. The van der Waals surface area contributed by atoms with E-state index in [4.69, 9.17) is 4.74 Å². The Morgan fingerprint density at radius 3 is 2.89 bits per heavy atom. The van der Waals surface area contributed by atoms with E-state index >= 15 is 0 Å². The highest BCUT2D eigenvalue weighted by atomic mass is 32.1. The number of alkyl halides is 1. The molecule has 2 aromatic heterocycles. The smallest absolute Gasteiger partial charge is 0.294 e. The van der Waals surface area contributed by atoms with E-state index in [0.29, 0.717) is 28.6 Å². The normalized spacial score (nSPS) is 26.5. The van der Waals surface area contributed by atoms with Gasteiger partial charge >= 0.3 is 0 Å². The van der Waals surface area contributed by atoms with E-state index < -0.39 is 6.17 Å². The van der Waals surface area contributed by atoms with Crippen molar-refractivity contribution >= 4 is 11.3 Å². The van der Waals surface area contributed by atoms with Gasteiger partial charge < -0.3 is 15.2 Å². The number of aromatic hydroxyl groups is 1. The predicted molar refractivity (Wildman–Crippen MR) is 103 cm³/mol. The third-order valence-corrected chi connectivity index (χ3v) is 6.18. The first-order valence-corrected chi connectivity index (χ1v) is 10.1. The maximum atomic E-state index is 13.8.